The van der Waals surface area contributed by atoms with Crippen molar-refractivity contribution in [2.45, 2.75) is 0 Å². The zero-order valence-electron chi connectivity index (χ0n) is 12.2. The van der Waals surface area contributed by atoms with Crippen LogP contribution in [0.5, 0.6) is 0 Å². The number of nitrogens with zero attached hydrogens (tertiary/aromatic N) is 2. The fourth-order valence-corrected chi connectivity index (χ4v) is 2.86. The van der Waals surface area contributed by atoms with Gasteiger partial charge in [0.2, 0.25) is 10.0 Å². The highest BCUT2D eigenvalue weighted by atomic mass is 32.2. The van der Waals surface area contributed by atoms with Crippen molar-refractivity contribution in [3.05, 3.63) is 71.8 Å². The molecule has 4 nitrogen and oxygen atoms in total. The molecule has 2 rings (SSSR count). The van der Waals surface area contributed by atoms with Crippen molar-refractivity contribution in [3.63, 3.8) is 0 Å². The molecule has 0 amide bonds. The quantitative estimate of drug-likeness (QED) is 0.852. The van der Waals surface area contributed by atoms with Crippen LogP contribution in [0.2, 0.25) is 0 Å². The van der Waals surface area contributed by atoms with E-state index in [0.717, 1.165) is 11.8 Å². The molecule has 0 bridgehead atoms. The molecule has 0 radical (unpaired) electrons. The number of nitriles is 1. The molecule has 0 spiro atoms. The molecule has 0 saturated heterocycles. The Bertz CT molecular complexity index is 806. The van der Waals surface area contributed by atoms with Gasteiger partial charge in [-0.15, -0.1) is 0 Å². The van der Waals surface area contributed by atoms with Crippen LogP contribution in [-0.4, -0.2) is 21.2 Å². The Balaban J connectivity index is 2.25. The first-order valence-electron chi connectivity index (χ1n) is 6.70. The van der Waals surface area contributed by atoms with Gasteiger partial charge in [-0.1, -0.05) is 48.6 Å². The van der Waals surface area contributed by atoms with Gasteiger partial charge >= 0.3 is 0 Å². The van der Waals surface area contributed by atoms with E-state index in [9.17, 15) is 8.42 Å². The average Bonchev–Trinajstić information content (AvgIpc) is 2.51. The van der Waals surface area contributed by atoms with Crippen LogP contribution < -0.4 is 4.31 Å². The molecule has 2 aromatic carbocycles. The van der Waals surface area contributed by atoms with E-state index in [0.29, 0.717) is 11.3 Å². The van der Waals surface area contributed by atoms with Crippen molar-refractivity contribution in [1.29, 1.82) is 5.26 Å². The number of rotatable bonds is 5. The van der Waals surface area contributed by atoms with Crippen LogP contribution in [0.3, 0.4) is 0 Å². The minimum absolute atomic E-state index is 0.211. The Morgan fingerprint density at radius 1 is 1.14 bits per heavy atom. The number of benzene rings is 2. The lowest BCUT2D eigenvalue weighted by Gasteiger charge is -2.20. The summed E-state index contributed by atoms with van der Waals surface area (Å²) in [5.41, 5.74) is 1.92. The van der Waals surface area contributed by atoms with Gasteiger partial charge in [-0.25, -0.2) is 8.42 Å². The van der Waals surface area contributed by atoms with Crippen LogP contribution >= 0.6 is 0 Å². The minimum Gasteiger partial charge on any atom is -0.267 e. The van der Waals surface area contributed by atoms with E-state index in [1.807, 2.05) is 42.5 Å². The number of hydrogen-bond acceptors (Lipinski definition) is 3. The SMILES string of the molecule is CS(=O)(=O)N(C/C=C/c1ccccc1)c1cccc(C#N)c1. The standard InChI is InChI=1S/C17H16N2O2S/c1-22(20,21)19(17-11-5-9-16(13-17)14-18)12-6-10-15-7-3-2-4-8-15/h2-11,13H,12H2,1H3/b10-6+. The first-order chi connectivity index (χ1) is 10.5. The zero-order valence-corrected chi connectivity index (χ0v) is 13.0. The topological polar surface area (TPSA) is 61.2 Å². The van der Waals surface area contributed by atoms with Gasteiger partial charge < -0.3 is 0 Å². The summed E-state index contributed by atoms with van der Waals surface area (Å²) in [5.74, 6) is 0. The summed E-state index contributed by atoms with van der Waals surface area (Å²) in [6.45, 7) is 0.211. The van der Waals surface area contributed by atoms with Crippen LogP contribution in [0.15, 0.2) is 60.7 Å². The minimum atomic E-state index is -3.42. The Kier molecular flexibility index (Phi) is 4.97. The molecular weight excluding hydrogens is 296 g/mol. The Morgan fingerprint density at radius 3 is 2.50 bits per heavy atom. The third kappa shape index (κ3) is 4.21. The molecule has 5 heteroatoms. The van der Waals surface area contributed by atoms with Crippen molar-refractivity contribution in [3.8, 4) is 6.07 Å². The Hall–Kier alpha value is -2.58. The van der Waals surface area contributed by atoms with Gasteiger partial charge in [-0.05, 0) is 23.8 Å². The third-order valence-corrected chi connectivity index (χ3v) is 4.21. The highest BCUT2D eigenvalue weighted by Gasteiger charge is 2.16. The second kappa shape index (κ2) is 6.92. The van der Waals surface area contributed by atoms with Crippen LogP contribution in [0, 0.1) is 11.3 Å². The van der Waals surface area contributed by atoms with Gasteiger partial charge in [0.05, 0.1) is 30.1 Å². The summed E-state index contributed by atoms with van der Waals surface area (Å²) >= 11 is 0. The Labute approximate surface area is 131 Å². The van der Waals surface area contributed by atoms with Crippen LogP contribution in [-0.2, 0) is 10.0 Å². The van der Waals surface area contributed by atoms with Crippen LogP contribution in [0.4, 0.5) is 5.69 Å². The lowest BCUT2D eigenvalue weighted by Crippen LogP contribution is -2.29. The lowest BCUT2D eigenvalue weighted by atomic mass is 10.2. The number of sulfonamides is 1. The normalized spacial score (nSPS) is 11.3. The van der Waals surface area contributed by atoms with Gasteiger partial charge in [0.25, 0.3) is 0 Å². The van der Waals surface area contributed by atoms with E-state index in [-0.39, 0.29) is 6.54 Å². The summed E-state index contributed by atoms with van der Waals surface area (Å²) < 4.78 is 25.2. The van der Waals surface area contributed by atoms with E-state index in [1.54, 1.807) is 30.3 Å². The van der Waals surface area contributed by atoms with Gasteiger partial charge in [-0.3, -0.25) is 4.31 Å². The van der Waals surface area contributed by atoms with E-state index in [4.69, 9.17) is 5.26 Å². The molecule has 0 N–H and O–H groups in total. The first-order valence-corrected chi connectivity index (χ1v) is 8.55. The lowest BCUT2D eigenvalue weighted by molar-refractivity contribution is 0.599. The van der Waals surface area contributed by atoms with Gasteiger partial charge in [-0.2, -0.15) is 5.26 Å². The van der Waals surface area contributed by atoms with Crippen molar-refractivity contribution in [1.82, 2.24) is 0 Å². The smallest absolute Gasteiger partial charge is 0.232 e. The third-order valence-electron chi connectivity index (χ3n) is 3.04. The number of anilines is 1. The largest absolute Gasteiger partial charge is 0.267 e. The highest BCUT2D eigenvalue weighted by molar-refractivity contribution is 7.92. The van der Waals surface area contributed by atoms with Crippen molar-refractivity contribution >= 4 is 21.8 Å². The summed E-state index contributed by atoms with van der Waals surface area (Å²) in [4.78, 5) is 0. The molecule has 0 aliphatic carbocycles. The molecular formula is C17H16N2O2S. The van der Waals surface area contributed by atoms with Crippen molar-refractivity contribution < 1.29 is 8.42 Å². The second-order valence-electron chi connectivity index (χ2n) is 4.77. The summed E-state index contributed by atoms with van der Waals surface area (Å²) in [6.07, 6.45) is 4.81. The van der Waals surface area contributed by atoms with E-state index in [2.05, 4.69) is 0 Å². The fourth-order valence-electron chi connectivity index (χ4n) is 2.01. The molecule has 0 unspecified atom stereocenters. The molecule has 0 aliphatic heterocycles. The van der Waals surface area contributed by atoms with E-state index >= 15 is 0 Å². The summed E-state index contributed by atoms with van der Waals surface area (Å²) in [7, 11) is -3.42. The monoisotopic (exact) mass is 312 g/mol. The predicted molar refractivity (Wildman–Crippen MR) is 88.8 cm³/mol. The molecule has 0 aromatic heterocycles. The molecule has 0 aliphatic rings. The molecule has 0 atom stereocenters. The maximum Gasteiger partial charge on any atom is 0.232 e. The summed E-state index contributed by atoms with van der Waals surface area (Å²) in [5, 5.41) is 8.94. The van der Waals surface area contributed by atoms with Gasteiger partial charge in [0.1, 0.15) is 0 Å². The first kappa shape index (κ1) is 15.8. The van der Waals surface area contributed by atoms with Gasteiger partial charge in [0.15, 0.2) is 0 Å². The Morgan fingerprint density at radius 2 is 1.86 bits per heavy atom. The summed E-state index contributed by atoms with van der Waals surface area (Å²) in [6, 6.07) is 18.2. The molecule has 2 aromatic rings. The molecule has 0 fully saturated rings. The second-order valence-corrected chi connectivity index (χ2v) is 6.68. The molecule has 112 valence electrons. The average molecular weight is 312 g/mol. The van der Waals surface area contributed by atoms with Gasteiger partial charge in [0, 0.05) is 0 Å². The maximum atomic E-state index is 12.0. The highest BCUT2D eigenvalue weighted by Crippen LogP contribution is 2.19. The van der Waals surface area contributed by atoms with E-state index < -0.39 is 10.0 Å². The van der Waals surface area contributed by atoms with Crippen LogP contribution in [0.1, 0.15) is 11.1 Å². The van der Waals surface area contributed by atoms with Crippen molar-refractivity contribution in [2.75, 3.05) is 17.1 Å². The maximum absolute atomic E-state index is 12.0. The zero-order chi connectivity index (χ0) is 16.0. The molecule has 0 heterocycles. The van der Waals surface area contributed by atoms with Crippen molar-refractivity contribution in [2.24, 2.45) is 0 Å². The predicted octanol–water partition coefficient (Wildman–Crippen LogP) is 3.04. The molecule has 22 heavy (non-hydrogen) atoms. The molecule has 0 saturated carbocycles. The van der Waals surface area contributed by atoms with Crippen LogP contribution in [0.25, 0.3) is 6.08 Å². The number of hydrogen-bond donors (Lipinski definition) is 0. The fraction of sp³-hybridized carbons (Fsp3) is 0.118. The van der Waals surface area contributed by atoms with E-state index in [1.165, 1.54) is 4.31 Å².